The van der Waals surface area contributed by atoms with Crippen molar-refractivity contribution in [3.63, 3.8) is 0 Å². The van der Waals surface area contributed by atoms with E-state index < -0.39 is 22.2 Å². The molecular formula is C15H25NO3S. The minimum atomic E-state index is -3.34. The standard InChI is InChI=1S/C15H25NO3S/c1-4-12(2)11-20(18,19)16-13(3)15(17)10-14-8-6-5-7-9-14/h5-9,12-13,15-17H,4,10-11H2,1-3H3. The quantitative estimate of drug-likeness (QED) is 0.771. The smallest absolute Gasteiger partial charge is 0.212 e. The second-order valence-corrected chi connectivity index (χ2v) is 7.26. The summed E-state index contributed by atoms with van der Waals surface area (Å²) in [7, 11) is -3.34. The molecule has 1 rings (SSSR count). The van der Waals surface area contributed by atoms with Crippen LogP contribution >= 0.6 is 0 Å². The van der Waals surface area contributed by atoms with Crippen LogP contribution in [0, 0.1) is 5.92 Å². The van der Waals surface area contributed by atoms with Crippen LogP contribution in [0.1, 0.15) is 32.8 Å². The average molecular weight is 299 g/mol. The van der Waals surface area contributed by atoms with E-state index in [4.69, 9.17) is 0 Å². The van der Waals surface area contributed by atoms with Crippen molar-refractivity contribution < 1.29 is 13.5 Å². The number of hydrogen-bond acceptors (Lipinski definition) is 3. The zero-order valence-corrected chi connectivity index (χ0v) is 13.2. The molecule has 0 saturated heterocycles. The summed E-state index contributed by atoms with van der Waals surface area (Å²) >= 11 is 0. The third-order valence-corrected chi connectivity index (χ3v) is 5.17. The highest BCUT2D eigenvalue weighted by Gasteiger charge is 2.22. The highest BCUT2D eigenvalue weighted by Crippen LogP contribution is 2.09. The topological polar surface area (TPSA) is 66.4 Å². The fourth-order valence-electron chi connectivity index (χ4n) is 1.93. The van der Waals surface area contributed by atoms with Gasteiger partial charge in [-0.3, -0.25) is 0 Å². The Morgan fingerprint density at radius 2 is 1.80 bits per heavy atom. The van der Waals surface area contributed by atoms with Crippen LogP contribution in [-0.4, -0.2) is 31.4 Å². The summed E-state index contributed by atoms with van der Waals surface area (Å²) in [5, 5.41) is 10.1. The maximum absolute atomic E-state index is 11.9. The Morgan fingerprint density at radius 1 is 1.20 bits per heavy atom. The lowest BCUT2D eigenvalue weighted by molar-refractivity contribution is 0.144. The van der Waals surface area contributed by atoms with Gasteiger partial charge in [0.05, 0.1) is 11.9 Å². The molecular weight excluding hydrogens is 274 g/mol. The van der Waals surface area contributed by atoms with Gasteiger partial charge >= 0.3 is 0 Å². The molecule has 3 atom stereocenters. The van der Waals surface area contributed by atoms with Crippen LogP contribution in [-0.2, 0) is 16.4 Å². The van der Waals surface area contributed by atoms with Crippen molar-refractivity contribution in [2.24, 2.45) is 5.92 Å². The summed E-state index contributed by atoms with van der Waals surface area (Å²) in [6, 6.07) is 9.06. The van der Waals surface area contributed by atoms with Gasteiger partial charge in [-0.2, -0.15) is 0 Å². The van der Waals surface area contributed by atoms with Crippen molar-refractivity contribution in [2.75, 3.05) is 5.75 Å². The molecule has 0 saturated carbocycles. The first-order valence-corrected chi connectivity index (χ1v) is 8.71. The molecule has 0 aromatic heterocycles. The van der Waals surface area contributed by atoms with E-state index in [9.17, 15) is 13.5 Å². The molecule has 0 aliphatic rings. The fourth-order valence-corrected chi connectivity index (χ4v) is 3.74. The molecule has 5 heteroatoms. The number of aliphatic hydroxyl groups is 1. The number of nitrogens with one attached hydrogen (secondary N) is 1. The van der Waals surface area contributed by atoms with Gasteiger partial charge in [0.15, 0.2) is 0 Å². The monoisotopic (exact) mass is 299 g/mol. The molecule has 0 heterocycles. The molecule has 2 N–H and O–H groups in total. The average Bonchev–Trinajstić information content (AvgIpc) is 2.38. The predicted octanol–water partition coefficient (Wildman–Crippen LogP) is 1.94. The Bertz CT molecular complexity index is 487. The Balaban J connectivity index is 2.55. The zero-order valence-electron chi connectivity index (χ0n) is 12.4. The molecule has 0 amide bonds. The first-order valence-electron chi connectivity index (χ1n) is 7.06. The van der Waals surface area contributed by atoms with E-state index in [1.165, 1.54) is 0 Å². The molecule has 1 aromatic carbocycles. The largest absolute Gasteiger partial charge is 0.391 e. The SMILES string of the molecule is CCC(C)CS(=O)(=O)NC(C)C(O)Cc1ccccc1. The Hall–Kier alpha value is -0.910. The second-order valence-electron chi connectivity index (χ2n) is 5.46. The molecule has 114 valence electrons. The molecule has 0 bridgehead atoms. The summed E-state index contributed by atoms with van der Waals surface area (Å²) in [6.07, 6.45) is 0.527. The summed E-state index contributed by atoms with van der Waals surface area (Å²) in [5.41, 5.74) is 0.993. The Kier molecular flexibility index (Phi) is 6.65. The van der Waals surface area contributed by atoms with Crippen molar-refractivity contribution in [2.45, 2.75) is 45.8 Å². The molecule has 1 aromatic rings. The molecule has 0 aliphatic carbocycles. The molecule has 0 aliphatic heterocycles. The van der Waals surface area contributed by atoms with E-state index in [0.29, 0.717) is 6.42 Å². The lowest BCUT2D eigenvalue weighted by Crippen LogP contribution is -2.43. The van der Waals surface area contributed by atoms with Crippen LogP contribution in [0.15, 0.2) is 30.3 Å². The highest BCUT2D eigenvalue weighted by atomic mass is 32.2. The van der Waals surface area contributed by atoms with Crippen LogP contribution in [0.3, 0.4) is 0 Å². The third-order valence-electron chi connectivity index (χ3n) is 3.43. The minimum absolute atomic E-state index is 0.103. The van der Waals surface area contributed by atoms with Crippen molar-refractivity contribution >= 4 is 10.0 Å². The van der Waals surface area contributed by atoms with Crippen LogP contribution in [0.25, 0.3) is 0 Å². The predicted molar refractivity (Wildman–Crippen MR) is 82.0 cm³/mol. The van der Waals surface area contributed by atoms with Gasteiger partial charge in [-0.1, -0.05) is 50.6 Å². The van der Waals surface area contributed by atoms with E-state index in [1.807, 2.05) is 44.2 Å². The molecule has 4 nitrogen and oxygen atoms in total. The van der Waals surface area contributed by atoms with Crippen LogP contribution in [0.5, 0.6) is 0 Å². The minimum Gasteiger partial charge on any atom is -0.391 e. The first-order chi connectivity index (χ1) is 9.34. The normalized spacial score (nSPS) is 16.6. The lowest BCUT2D eigenvalue weighted by atomic mass is 10.0. The van der Waals surface area contributed by atoms with E-state index in [0.717, 1.165) is 12.0 Å². The van der Waals surface area contributed by atoms with Crippen LogP contribution < -0.4 is 4.72 Å². The van der Waals surface area contributed by atoms with Gasteiger partial charge in [0, 0.05) is 6.04 Å². The number of benzene rings is 1. The molecule has 0 spiro atoms. The molecule has 0 radical (unpaired) electrons. The van der Waals surface area contributed by atoms with Crippen molar-refractivity contribution in [1.29, 1.82) is 0 Å². The summed E-state index contributed by atoms with van der Waals surface area (Å²) in [5.74, 6) is 0.220. The van der Waals surface area contributed by atoms with E-state index in [1.54, 1.807) is 6.92 Å². The summed E-state index contributed by atoms with van der Waals surface area (Å²) < 4.78 is 26.5. The van der Waals surface area contributed by atoms with Gasteiger partial charge < -0.3 is 5.11 Å². The summed E-state index contributed by atoms with van der Waals surface area (Å²) in [4.78, 5) is 0. The van der Waals surface area contributed by atoms with Gasteiger partial charge in [-0.25, -0.2) is 13.1 Å². The summed E-state index contributed by atoms with van der Waals surface area (Å²) in [6.45, 7) is 5.57. The zero-order chi connectivity index (χ0) is 15.2. The Labute approximate surface area is 122 Å². The number of rotatable bonds is 8. The molecule has 3 unspecified atom stereocenters. The van der Waals surface area contributed by atoms with Crippen molar-refractivity contribution in [3.05, 3.63) is 35.9 Å². The second kappa shape index (κ2) is 7.76. The maximum atomic E-state index is 11.9. The Morgan fingerprint density at radius 3 is 2.35 bits per heavy atom. The van der Waals surface area contributed by atoms with Crippen molar-refractivity contribution in [1.82, 2.24) is 4.72 Å². The third kappa shape index (κ3) is 6.03. The van der Waals surface area contributed by atoms with Gasteiger partial charge in [0.25, 0.3) is 0 Å². The van der Waals surface area contributed by atoms with E-state index in [-0.39, 0.29) is 11.7 Å². The van der Waals surface area contributed by atoms with Gasteiger partial charge in [0.1, 0.15) is 0 Å². The molecule has 0 fully saturated rings. The molecule has 20 heavy (non-hydrogen) atoms. The lowest BCUT2D eigenvalue weighted by Gasteiger charge is -2.21. The van der Waals surface area contributed by atoms with Gasteiger partial charge in [-0.15, -0.1) is 0 Å². The van der Waals surface area contributed by atoms with Gasteiger partial charge in [0.2, 0.25) is 10.0 Å². The number of sulfonamides is 1. The van der Waals surface area contributed by atoms with Crippen LogP contribution in [0.2, 0.25) is 0 Å². The van der Waals surface area contributed by atoms with E-state index in [2.05, 4.69) is 4.72 Å². The fraction of sp³-hybridized carbons (Fsp3) is 0.600. The number of aliphatic hydroxyl groups excluding tert-OH is 1. The maximum Gasteiger partial charge on any atom is 0.212 e. The number of hydrogen-bond donors (Lipinski definition) is 2. The first kappa shape index (κ1) is 17.1. The highest BCUT2D eigenvalue weighted by molar-refractivity contribution is 7.89. The van der Waals surface area contributed by atoms with E-state index >= 15 is 0 Å². The van der Waals surface area contributed by atoms with Crippen molar-refractivity contribution in [3.8, 4) is 0 Å². The van der Waals surface area contributed by atoms with Crippen LogP contribution in [0.4, 0.5) is 0 Å². The van der Waals surface area contributed by atoms with Gasteiger partial charge in [-0.05, 0) is 24.8 Å².